The van der Waals surface area contributed by atoms with Crippen LogP contribution in [0, 0.1) is 16.7 Å². The smallest absolute Gasteiger partial charge is 0.240 e. The summed E-state index contributed by atoms with van der Waals surface area (Å²) < 4.78 is 0. The van der Waals surface area contributed by atoms with E-state index in [4.69, 9.17) is 5.26 Å². The van der Waals surface area contributed by atoms with Crippen LogP contribution in [-0.4, -0.2) is 23.5 Å². The van der Waals surface area contributed by atoms with Gasteiger partial charge in [-0.05, 0) is 31.9 Å². The van der Waals surface area contributed by atoms with Gasteiger partial charge in [-0.1, -0.05) is 13.3 Å². The lowest BCUT2D eigenvalue weighted by Crippen LogP contribution is -2.41. The first-order chi connectivity index (χ1) is 7.62. The Morgan fingerprint density at radius 1 is 1.62 bits per heavy atom. The molecule has 2 unspecified atom stereocenters. The van der Waals surface area contributed by atoms with E-state index < -0.39 is 5.41 Å². The summed E-state index contributed by atoms with van der Waals surface area (Å²) in [5.74, 6) is 1.08. The maximum absolute atomic E-state index is 11.8. The molecule has 4 heteroatoms. The Balaban J connectivity index is 2.37. The summed E-state index contributed by atoms with van der Waals surface area (Å²) in [5, 5.41) is 12.4. The van der Waals surface area contributed by atoms with Gasteiger partial charge in [0.25, 0.3) is 0 Å². The van der Waals surface area contributed by atoms with Crippen LogP contribution in [0.25, 0.3) is 0 Å². The highest BCUT2D eigenvalue weighted by Gasteiger charge is 2.31. The monoisotopic (exact) mass is 240 g/mol. The zero-order valence-electron chi connectivity index (χ0n) is 10.1. The topological polar surface area (TPSA) is 52.9 Å². The quantitative estimate of drug-likeness (QED) is 0.820. The zero-order valence-corrected chi connectivity index (χ0v) is 10.9. The maximum atomic E-state index is 11.8. The summed E-state index contributed by atoms with van der Waals surface area (Å²) >= 11 is 1.93. The van der Waals surface area contributed by atoms with Crippen molar-refractivity contribution in [3.63, 3.8) is 0 Å². The van der Waals surface area contributed by atoms with Gasteiger partial charge in [0.05, 0.1) is 6.07 Å². The predicted octanol–water partition coefficient (Wildman–Crippen LogP) is 2.33. The molecule has 3 nitrogen and oxygen atoms in total. The molecule has 1 N–H and O–H groups in total. The van der Waals surface area contributed by atoms with Crippen molar-refractivity contribution in [1.29, 1.82) is 5.26 Å². The van der Waals surface area contributed by atoms with Crippen molar-refractivity contribution in [1.82, 2.24) is 5.32 Å². The molecule has 1 heterocycles. The maximum Gasteiger partial charge on any atom is 0.240 e. The van der Waals surface area contributed by atoms with Gasteiger partial charge in [0.1, 0.15) is 5.41 Å². The average molecular weight is 240 g/mol. The molecule has 0 bridgehead atoms. The SMILES string of the molecule is CCC(C)(C#N)C(=O)NCC1CCCCS1. The second-order valence-electron chi connectivity index (χ2n) is 4.50. The van der Waals surface area contributed by atoms with E-state index in [0.29, 0.717) is 18.2 Å². The van der Waals surface area contributed by atoms with Crippen LogP contribution in [0.15, 0.2) is 0 Å². The van der Waals surface area contributed by atoms with Gasteiger partial charge in [-0.25, -0.2) is 0 Å². The Hall–Kier alpha value is -0.690. The molecular weight excluding hydrogens is 220 g/mol. The fraction of sp³-hybridized carbons (Fsp3) is 0.833. The third-order valence-corrected chi connectivity index (χ3v) is 4.62. The number of amides is 1. The largest absolute Gasteiger partial charge is 0.354 e. The molecule has 90 valence electrons. The molecule has 0 aromatic heterocycles. The first-order valence-electron chi connectivity index (χ1n) is 5.93. The van der Waals surface area contributed by atoms with E-state index in [9.17, 15) is 4.79 Å². The summed E-state index contributed by atoms with van der Waals surface area (Å²) in [4.78, 5) is 11.8. The normalized spacial score (nSPS) is 24.2. The molecule has 1 aliphatic rings. The molecule has 0 radical (unpaired) electrons. The summed E-state index contributed by atoms with van der Waals surface area (Å²) in [6.45, 7) is 4.29. The number of hydrogen-bond acceptors (Lipinski definition) is 3. The Labute approximate surface area is 102 Å². The van der Waals surface area contributed by atoms with Gasteiger partial charge in [0.15, 0.2) is 0 Å². The molecule has 0 aromatic rings. The van der Waals surface area contributed by atoms with Crippen LogP contribution in [0.3, 0.4) is 0 Å². The lowest BCUT2D eigenvalue weighted by molar-refractivity contribution is -0.127. The number of thioether (sulfide) groups is 1. The molecule has 1 rings (SSSR count). The number of nitriles is 1. The van der Waals surface area contributed by atoms with Crippen LogP contribution < -0.4 is 5.32 Å². The average Bonchev–Trinajstić information content (AvgIpc) is 2.36. The predicted molar refractivity (Wildman–Crippen MR) is 67.1 cm³/mol. The Morgan fingerprint density at radius 2 is 2.38 bits per heavy atom. The highest BCUT2D eigenvalue weighted by atomic mass is 32.2. The molecule has 0 spiro atoms. The van der Waals surface area contributed by atoms with E-state index >= 15 is 0 Å². The van der Waals surface area contributed by atoms with Gasteiger partial charge < -0.3 is 5.32 Å². The number of rotatable bonds is 4. The Kier molecular flexibility index (Phi) is 5.14. The first kappa shape index (κ1) is 13.4. The third-order valence-electron chi connectivity index (χ3n) is 3.22. The van der Waals surface area contributed by atoms with Crippen molar-refractivity contribution in [2.75, 3.05) is 12.3 Å². The highest BCUT2D eigenvalue weighted by molar-refractivity contribution is 7.99. The van der Waals surface area contributed by atoms with Gasteiger partial charge >= 0.3 is 0 Å². The fourth-order valence-corrected chi connectivity index (χ4v) is 2.90. The lowest BCUT2D eigenvalue weighted by atomic mass is 9.88. The number of nitrogens with zero attached hydrogens (tertiary/aromatic N) is 1. The van der Waals surface area contributed by atoms with Crippen molar-refractivity contribution in [3.05, 3.63) is 0 Å². The van der Waals surface area contributed by atoms with E-state index in [1.807, 2.05) is 18.7 Å². The van der Waals surface area contributed by atoms with E-state index in [0.717, 1.165) is 0 Å². The van der Waals surface area contributed by atoms with Crippen LogP contribution in [0.2, 0.25) is 0 Å². The van der Waals surface area contributed by atoms with Gasteiger partial charge in [-0.3, -0.25) is 4.79 Å². The molecule has 1 aliphatic heterocycles. The van der Waals surface area contributed by atoms with Crippen LogP contribution >= 0.6 is 11.8 Å². The van der Waals surface area contributed by atoms with Gasteiger partial charge in [-0.15, -0.1) is 0 Å². The van der Waals surface area contributed by atoms with E-state index in [2.05, 4.69) is 11.4 Å². The molecule has 0 aromatic carbocycles. The third kappa shape index (κ3) is 3.41. The molecule has 1 amide bonds. The summed E-state index contributed by atoms with van der Waals surface area (Å²) in [7, 11) is 0. The van der Waals surface area contributed by atoms with E-state index in [1.165, 1.54) is 25.0 Å². The second kappa shape index (κ2) is 6.15. The summed E-state index contributed by atoms with van der Waals surface area (Å²) in [6, 6.07) is 2.10. The van der Waals surface area contributed by atoms with Crippen LogP contribution in [0.1, 0.15) is 39.5 Å². The minimum Gasteiger partial charge on any atom is -0.354 e. The minimum absolute atomic E-state index is 0.122. The van der Waals surface area contributed by atoms with Gasteiger partial charge in [-0.2, -0.15) is 17.0 Å². The molecule has 2 atom stereocenters. The molecule has 1 fully saturated rings. The van der Waals surface area contributed by atoms with Gasteiger partial charge in [0.2, 0.25) is 5.91 Å². The van der Waals surface area contributed by atoms with E-state index in [-0.39, 0.29) is 5.91 Å². The Morgan fingerprint density at radius 3 is 2.88 bits per heavy atom. The molecule has 0 aliphatic carbocycles. The lowest BCUT2D eigenvalue weighted by Gasteiger charge is -2.24. The highest BCUT2D eigenvalue weighted by Crippen LogP contribution is 2.25. The van der Waals surface area contributed by atoms with Crippen LogP contribution in [0.4, 0.5) is 0 Å². The van der Waals surface area contributed by atoms with Gasteiger partial charge in [0, 0.05) is 11.8 Å². The van der Waals surface area contributed by atoms with Crippen molar-refractivity contribution in [2.24, 2.45) is 5.41 Å². The van der Waals surface area contributed by atoms with Crippen LogP contribution in [0.5, 0.6) is 0 Å². The number of hydrogen-bond donors (Lipinski definition) is 1. The van der Waals surface area contributed by atoms with E-state index in [1.54, 1.807) is 6.92 Å². The van der Waals surface area contributed by atoms with Crippen molar-refractivity contribution < 1.29 is 4.79 Å². The zero-order chi connectivity index (χ0) is 12.0. The van der Waals surface area contributed by atoms with Crippen molar-refractivity contribution >= 4 is 17.7 Å². The standard InChI is InChI=1S/C12H20N2OS/c1-3-12(2,9-13)11(15)14-8-10-6-4-5-7-16-10/h10H,3-8H2,1-2H3,(H,14,15). The van der Waals surface area contributed by atoms with Crippen molar-refractivity contribution in [2.45, 2.75) is 44.8 Å². The second-order valence-corrected chi connectivity index (χ2v) is 5.90. The minimum atomic E-state index is -0.862. The first-order valence-corrected chi connectivity index (χ1v) is 6.98. The van der Waals surface area contributed by atoms with Crippen molar-refractivity contribution in [3.8, 4) is 6.07 Å². The number of nitrogens with one attached hydrogen (secondary N) is 1. The number of carbonyl (C=O) groups excluding carboxylic acids is 1. The summed E-state index contributed by atoms with van der Waals surface area (Å²) in [5.41, 5.74) is -0.862. The fourth-order valence-electron chi connectivity index (χ4n) is 1.66. The molecule has 0 saturated carbocycles. The molecule has 1 saturated heterocycles. The molecular formula is C12H20N2OS. The summed E-state index contributed by atoms with van der Waals surface area (Å²) in [6.07, 6.45) is 4.30. The molecule has 16 heavy (non-hydrogen) atoms. The Bertz CT molecular complexity index is 281. The van der Waals surface area contributed by atoms with Crippen LogP contribution in [-0.2, 0) is 4.79 Å². The number of carbonyl (C=O) groups is 1.